The van der Waals surface area contributed by atoms with E-state index in [0.29, 0.717) is 5.22 Å². The van der Waals surface area contributed by atoms with Crippen LogP contribution in [0.15, 0.2) is 29.1 Å². The van der Waals surface area contributed by atoms with Gasteiger partial charge in [-0.2, -0.15) is 5.10 Å². The Hall–Kier alpha value is -1.26. The highest BCUT2D eigenvalue weighted by Gasteiger charge is 2.15. The van der Waals surface area contributed by atoms with Gasteiger partial charge in [-0.15, -0.1) is 0 Å². The number of nitrogens with one attached hydrogen (secondary N) is 1. The molecule has 4 nitrogen and oxygen atoms in total. The molecule has 0 saturated heterocycles. The van der Waals surface area contributed by atoms with E-state index in [4.69, 9.17) is 16.0 Å². The zero-order chi connectivity index (χ0) is 12.3. The number of nitrogens with zero attached hydrogens (tertiary/aromatic N) is 2. The summed E-state index contributed by atoms with van der Waals surface area (Å²) in [5, 5.41) is 7.87. The maximum Gasteiger partial charge on any atom is 0.197 e. The molecule has 0 aliphatic carbocycles. The van der Waals surface area contributed by atoms with Crippen molar-refractivity contribution in [2.24, 2.45) is 7.05 Å². The summed E-state index contributed by atoms with van der Waals surface area (Å²) in [6.45, 7) is 0. The van der Waals surface area contributed by atoms with Crippen LogP contribution in [-0.4, -0.2) is 16.8 Å². The molecule has 0 amide bonds. The van der Waals surface area contributed by atoms with Crippen LogP contribution in [0.4, 0.5) is 0 Å². The Labute approximate surface area is 106 Å². The van der Waals surface area contributed by atoms with Crippen molar-refractivity contribution in [1.29, 1.82) is 0 Å². The van der Waals surface area contributed by atoms with E-state index in [1.54, 1.807) is 6.26 Å². The molecule has 0 radical (unpaired) electrons. The quantitative estimate of drug-likeness (QED) is 0.891. The van der Waals surface area contributed by atoms with Crippen molar-refractivity contribution in [3.05, 3.63) is 41.1 Å². The minimum Gasteiger partial charge on any atom is -0.453 e. The molecule has 0 spiro atoms. The zero-order valence-corrected chi connectivity index (χ0v) is 10.7. The first-order chi connectivity index (χ1) is 8.20. The third-order valence-electron chi connectivity index (χ3n) is 2.85. The Morgan fingerprint density at radius 2 is 2.41 bits per heavy atom. The zero-order valence-electron chi connectivity index (χ0n) is 9.98. The molecule has 92 valence electrons. The lowest BCUT2D eigenvalue weighted by molar-refractivity contribution is 0.525. The largest absolute Gasteiger partial charge is 0.453 e. The summed E-state index contributed by atoms with van der Waals surface area (Å²) in [4.78, 5) is 0. The van der Waals surface area contributed by atoms with Crippen LogP contribution in [0, 0.1) is 0 Å². The molecular weight excluding hydrogens is 238 g/mol. The Kier molecular flexibility index (Phi) is 3.86. The highest BCUT2D eigenvalue weighted by Crippen LogP contribution is 2.26. The normalized spacial score (nSPS) is 12.9. The summed E-state index contributed by atoms with van der Waals surface area (Å²) in [5.74, 6) is 0. The lowest BCUT2D eigenvalue weighted by atomic mass is 10.0. The van der Waals surface area contributed by atoms with Gasteiger partial charge in [-0.25, -0.2) is 0 Å². The molecule has 0 aromatic carbocycles. The van der Waals surface area contributed by atoms with Crippen molar-refractivity contribution in [1.82, 2.24) is 15.1 Å². The predicted octanol–water partition coefficient (Wildman–Crippen LogP) is 2.56. The third-order valence-corrected chi connectivity index (χ3v) is 3.16. The molecule has 17 heavy (non-hydrogen) atoms. The van der Waals surface area contributed by atoms with Crippen molar-refractivity contribution in [3.8, 4) is 0 Å². The average Bonchev–Trinajstić information content (AvgIpc) is 2.90. The summed E-state index contributed by atoms with van der Waals surface area (Å²) >= 11 is 5.98. The van der Waals surface area contributed by atoms with E-state index < -0.39 is 0 Å². The van der Waals surface area contributed by atoms with Gasteiger partial charge >= 0.3 is 0 Å². The molecule has 0 saturated carbocycles. The number of rotatable bonds is 5. The van der Waals surface area contributed by atoms with Crippen LogP contribution in [0.5, 0.6) is 0 Å². The highest BCUT2D eigenvalue weighted by molar-refractivity contribution is 6.29. The summed E-state index contributed by atoms with van der Waals surface area (Å²) in [6, 6.07) is 2.12. The van der Waals surface area contributed by atoms with Crippen LogP contribution in [-0.2, 0) is 13.5 Å². The molecule has 2 heterocycles. The minimum absolute atomic E-state index is 0.210. The first-order valence-corrected chi connectivity index (χ1v) is 5.96. The molecule has 0 aliphatic rings. The van der Waals surface area contributed by atoms with Gasteiger partial charge < -0.3 is 9.73 Å². The standard InChI is InChI=1S/C12H16ClN3O/c1-14-11(10-5-6-17-12(10)13)4-3-9-7-15-16(2)8-9/h5-8,11,14H,3-4H2,1-2H3. The second kappa shape index (κ2) is 5.38. The Bertz CT molecular complexity index is 478. The van der Waals surface area contributed by atoms with Gasteiger partial charge in [0.15, 0.2) is 5.22 Å². The molecule has 5 heteroatoms. The number of aromatic nitrogens is 2. The number of hydrogen-bond donors (Lipinski definition) is 1. The van der Waals surface area contributed by atoms with E-state index in [1.807, 2.05) is 37.2 Å². The summed E-state index contributed by atoms with van der Waals surface area (Å²) < 4.78 is 6.93. The summed E-state index contributed by atoms with van der Waals surface area (Å²) in [7, 11) is 3.85. The second-order valence-corrected chi connectivity index (χ2v) is 4.40. The van der Waals surface area contributed by atoms with E-state index in [2.05, 4.69) is 10.4 Å². The Balaban J connectivity index is 1.99. The van der Waals surface area contributed by atoms with Gasteiger partial charge in [0.05, 0.1) is 12.5 Å². The van der Waals surface area contributed by atoms with Crippen LogP contribution in [0.2, 0.25) is 5.22 Å². The molecule has 0 bridgehead atoms. The SMILES string of the molecule is CNC(CCc1cnn(C)c1)c1ccoc1Cl. The number of aryl methyl sites for hydroxylation is 2. The molecule has 0 fully saturated rings. The molecule has 1 atom stereocenters. The molecule has 0 aliphatic heterocycles. The van der Waals surface area contributed by atoms with Crippen molar-refractivity contribution in [2.75, 3.05) is 7.05 Å². The Morgan fingerprint density at radius 3 is 2.94 bits per heavy atom. The Morgan fingerprint density at radius 1 is 1.59 bits per heavy atom. The topological polar surface area (TPSA) is 43.0 Å². The maximum absolute atomic E-state index is 5.98. The van der Waals surface area contributed by atoms with E-state index in [0.717, 1.165) is 18.4 Å². The van der Waals surface area contributed by atoms with Gasteiger partial charge in [0.25, 0.3) is 0 Å². The van der Waals surface area contributed by atoms with Crippen molar-refractivity contribution >= 4 is 11.6 Å². The van der Waals surface area contributed by atoms with Crippen molar-refractivity contribution in [2.45, 2.75) is 18.9 Å². The van der Waals surface area contributed by atoms with E-state index >= 15 is 0 Å². The van der Waals surface area contributed by atoms with E-state index in [9.17, 15) is 0 Å². The van der Waals surface area contributed by atoms with Crippen molar-refractivity contribution < 1.29 is 4.42 Å². The van der Waals surface area contributed by atoms with Gasteiger partial charge in [0.1, 0.15) is 0 Å². The molecule has 2 aromatic rings. The fourth-order valence-electron chi connectivity index (χ4n) is 1.92. The molecular formula is C12H16ClN3O. The van der Waals surface area contributed by atoms with E-state index in [1.165, 1.54) is 5.56 Å². The van der Waals surface area contributed by atoms with Crippen LogP contribution >= 0.6 is 11.6 Å². The van der Waals surface area contributed by atoms with Crippen LogP contribution in [0.25, 0.3) is 0 Å². The second-order valence-electron chi connectivity index (χ2n) is 4.05. The number of hydrogen-bond acceptors (Lipinski definition) is 3. The fraction of sp³-hybridized carbons (Fsp3) is 0.417. The predicted molar refractivity (Wildman–Crippen MR) is 67.0 cm³/mol. The summed E-state index contributed by atoms with van der Waals surface area (Å²) in [5.41, 5.74) is 2.24. The monoisotopic (exact) mass is 253 g/mol. The van der Waals surface area contributed by atoms with Gasteiger partial charge in [-0.3, -0.25) is 4.68 Å². The van der Waals surface area contributed by atoms with Gasteiger partial charge in [-0.1, -0.05) is 0 Å². The molecule has 1 unspecified atom stereocenters. The maximum atomic E-state index is 5.98. The first-order valence-electron chi connectivity index (χ1n) is 5.58. The molecule has 2 rings (SSSR count). The van der Waals surface area contributed by atoms with Gasteiger partial charge in [-0.05, 0) is 43.1 Å². The van der Waals surface area contributed by atoms with Gasteiger partial charge in [0.2, 0.25) is 0 Å². The lowest BCUT2D eigenvalue weighted by Crippen LogP contribution is -2.16. The molecule has 2 aromatic heterocycles. The number of furan rings is 1. The minimum atomic E-state index is 0.210. The smallest absolute Gasteiger partial charge is 0.197 e. The lowest BCUT2D eigenvalue weighted by Gasteiger charge is -2.14. The van der Waals surface area contributed by atoms with Crippen LogP contribution in [0.3, 0.4) is 0 Å². The highest BCUT2D eigenvalue weighted by atomic mass is 35.5. The van der Waals surface area contributed by atoms with E-state index in [-0.39, 0.29) is 6.04 Å². The van der Waals surface area contributed by atoms with Crippen molar-refractivity contribution in [3.63, 3.8) is 0 Å². The average molecular weight is 254 g/mol. The number of halogens is 1. The van der Waals surface area contributed by atoms with Crippen LogP contribution < -0.4 is 5.32 Å². The molecule has 1 N–H and O–H groups in total. The fourth-order valence-corrected chi connectivity index (χ4v) is 2.17. The third kappa shape index (κ3) is 2.90. The first kappa shape index (κ1) is 12.2. The summed E-state index contributed by atoms with van der Waals surface area (Å²) in [6.07, 6.45) is 7.46. The van der Waals surface area contributed by atoms with Crippen LogP contribution in [0.1, 0.15) is 23.6 Å². The van der Waals surface area contributed by atoms with Gasteiger partial charge in [0, 0.05) is 24.8 Å².